The average Bonchev–Trinajstić information content (AvgIpc) is 3.16. The minimum atomic E-state index is -4.58. The highest BCUT2D eigenvalue weighted by molar-refractivity contribution is 6.37. The Morgan fingerprint density at radius 2 is 2.00 bits per heavy atom. The maximum Gasteiger partial charge on any atom is 0.408 e. The van der Waals surface area contributed by atoms with E-state index in [1.807, 2.05) is 0 Å². The molecule has 0 saturated heterocycles. The molecule has 3 rings (SSSR count). The zero-order valence-electron chi connectivity index (χ0n) is 15.0. The van der Waals surface area contributed by atoms with Crippen molar-refractivity contribution in [3.8, 4) is 0 Å². The molecule has 3 amide bonds. The highest BCUT2D eigenvalue weighted by Gasteiger charge is 2.37. The zero-order chi connectivity index (χ0) is 21.3. The second kappa shape index (κ2) is 8.11. The Kier molecular flexibility index (Phi) is 5.95. The summed E-state index contributed by atoms with van der Waals surface area (Å²) in [6.45, 7) is 1.31. The van der Waals surface area contributed by atoms with Crippen LogP contribution in [0.4, 0.5) is 29.3 Å². The van der Waals surface area contributed by atoms with Crippen molar-refractivity contribution in [2.45, 2.75) is 38.5 Å². The molecule has 0 spiro atoms. The number of urea groups is 1. The number of carbonyl (C=O) groups excluding carboxylic acids is 2. The fraction of sp³-hybridized carbons (Fsp3) is 0.353. The van der Waals surface area contributed by atoms with E-state index in [0.717, 1.165) is 6.92 Å². The summed E-state index contributed by atoms with van der Waals surface area (Å²) < 4.78 is 39.6. The molecule has 0 bridgehead atoms. The number of nitrogens with one attached hydrogen (secondary N) is 3. The predicted octanol–water partition coefficient (Wildman–Crippen LogP) is 4.46. The number of amides is 3. The molecule has 2 aromatic heterocycles. The number of alkyl halides is 3. The first-order valence-corrected chi connectivity index (χ1v) is 9.31. The van der Waals surface area contributed by atoms with Crippen LogP contribution >= 0.6 is 23.2 Å². The lowest BCUT2D eigenvalue weighted by Gasteiger charge is -2.17. The van der Waals surface area contributed by atoms with Crippen molar-refractivity contribution in [3.05, 3.63) is 39.9 Å². The molecule has 12 heteroatoms. The van der Waals surface area contributed by atoms with Crippen molar-refractivity contribution in [3.63, 3.8) is 0 Å². The average molecular weight is 450 g/mol. The third kappa shape index (κ3) is 4.59. The summed E-state index contributed by atoms with van der Waals surface area (Å²) in [4.78, 5) is 28.6. The maximum atomic E-state index is 12.8. The number of nitrogens with zero attached hydrogens (tertiary/aromatic N) is 2. The Balaban J connectivity index is 1.84. The van der Waals surface area contributed by atoms with Crippen molar-refractivity contribution < 1.29 is 22.8 Å². The van der Waals surface area contributed by atoms with E-state index >= 15 is 0 Å². The number of hydrogen-bond donors (Lipinski definition) is 3. The van der Waals surface area contributed by atoms with Gasteiger partial charge in [0.25, 0.3) is 5.91 Å². The van der Waals surface area contributed by atoms with Gasteiger partial charge in [-0.05, 0) is 31.9 Å². The normalized spacial score (nSPS) is 14.3. The number of aromatic nitrogens is 2. The van der Waals surface area contributed by atoms with E-state index in [-0.39, 0.29) is 21.6 Å². The van der Waals surface area contributed by atoms with Crippen LogP contribution < -0.4 is 16.0 Å². The van der Waals surface area contributed by atoms with Crippen LogP contribution in [0.15, 0.2) is 18.3 Å². The van der Waals surface area contributed by atoms with Gasteiger partial charge in [0.1, 0.15) is 16.9 Å². The van der Waals surface area contributed by atoms with Gasteiger partial charge in [-0.1, -0.05) is 23.2 Å². The van der Waals surface area contributed by atoms with Crippen LogP contribution in [0.5, 0.6) is 0 Å². The van der Waals surface area contributed by atoms with E-state index in [2.05, 4.69) is 15.6 Å². The standard InChI is InChI=1S/C17H16Cl2F3N5O2/c1-8(17(20,21)22)24-16(29)26-13-10-3-2-6-27(10)14(12(13)19)15(28)25-9-4-5-23-11(18)7-9/h4-5,7-8H,2-3,6H2,1H3,(H,23,25,28)(H2,24,26,29). The van der Waals surface area contributed by atoms with Gasteiger partial charge in [0.05, 0.1) is 10.7 Å². The highest BCUT2D eigenvalue weighted by Crippen LogP contribution is 2.37. The molecule has 0 saturated carbocycles. The Morgan fingerprint density at radius 3 is 2.66 bits per heavy atom. The summed E-state index contributed by atoms with van der Waals surface area (Å²) in [6.07, 6.45) is -1.95. The summed E-state index contributed by atoms with van der Waals surface area (Å²) in [7, 11) is 0. The largest absolute Gasteiger partial charge is 0.408 e. The van der Waals surface area contributed by atoms with Gasteiger partial charge in [0, 0.05) is 24.1 Å². The lowest BCUT2D eigenvalue weighted by atomic mass is 10.2. The molecule has 0 aromatic carbocycles. The number of anilines is 2. The fourth-order valence-corrected chi connectivity index (χ4v) is 3.51. The van der Waals surface area contributed by atoms with Gasteiger partial charge in [-0.15, -0.1) is 0 Å². The van der Waals surface area contributed by atoms with Gasteiger partial charge in [-0.25, -0.2) is 9.78 Å². The van der Waals surface area contributed by atoms with Crippen molar-refractivity contribution in [2.75, 3.05) is 10.6 Å². The molecular formula is C17H16Cl2F3N5O2. The first kappa shape index (κ1) is 21.3. The van der Waals surface area contributed by atoms with Gasteiger partial charge in [-0.2, -0.15) is 13.2 Å². The molecular weight excluding hydrogens is 434 g/mol. The summed E-state index contributed by atoms with van der Waals surface area (Å²) in [5.74, 6) is -0.544. The number of rotatable bonds is 4. The summed E-state index contributed by atoms with van der Waals surface area (Å²) in [5.41, 5.74) is 1.19. The zero-order valence-corrected chi connectivity index (χ0v) is 16.5. The van der Waals surface area contributed by atoms with Gasteiger partial charge in [0.15, 0.2) is 0 Å². The van der Waals surface area contributed by atoms with E-state index in [0.29, 0.717) is 30.8 Å². The van der Waals surface area contributed by atoms with E-state index in [1.165, 1.54) is 18.3 Å². The fourth-order valence-electron chi connectivity index (χ4n) is 2.99. The third-order valence-electron chi connectivity index (χ3n) is 4.38. The second-order valence-corrected chi connectivity index (χ2v) is 7.19. The monoisotopic (exact) mass is 449 g/mol. The lowest BCUT2D eigenvalue weighted by molar-refractivity contribution is -0.148. The van der Waals surface area contributed by atoms with Crippen LogP contribution in [0.2, 0.25) is 10.2 Å². The summed E-state index contributed by atoms with van der Waals surface area (Å²) in [6, 6.07) is -0.121. The molecule has 1 aliphatic heterocycles. The van der Waals surface area contributed by atoms with Gasteiger partial charge < -0.3 is 20.5 Å². The molecule has 2 aromatic rings. The smallest absolute Gasteiger partial charge is 0.337 e. The van der Waals surface area contributed by atoms with Crippen molar-refractivity contribution >= 4 is 46.5 Å². The molecule has 1 unspecified atom stereocenters. The number of hydrogen-bond acceptors (Lipinski definition) is 3. The first-order valence-electron chi connectivity index (χ1n) is 8.56. The molecule has 7 nitrogen and oxygen atoms in total. The number of pyridine rings is 1. The van der Waals surface area contributed by atoms with Crippen LogP contribution in [-0.4, -0.2) is 33.7 Å². The molecule has 29 heavy (non-hydrogen) atoms. The lowest BCUT2D eigenvalue weighted by Crippen LogP contribution is -2.45. The van der Waals surface area contributed by atoms with Crippen LogP contribution in [0.3, 0.4) is 0 Å². The first-order chi connectivity index (χ1) is 13.6. The molecule has 3 heterocycles. The summed E-state index contributed by atoms with van der Waals surface area (Å²) in [5, 5.41) is 6.93. The van der Waals surface area contributed by atoms with Crippen LogP contribution in [-0.2, 0) is 13.0 Å². The van der Waals surface area contributed by atoms with Gasteiger partial charge in [-0.3, -0.25) is 4.79 Å². The minimum absolute atomic E-state index is 0.0489. The molecule has 0 radical (unpaired) electrons. The van der Waals surface area contributed by atoms with E-state index < -0.39 is 24.2 Å². The molecule has 3 N–H and O–H groups in total. The number of carbonyl (C=O) groups is 2. The number of fused-ring (bicyclic) bond motifs is 1. The van der Waals surface area contributed by atoms with E-state index in [9.17, 15) is 22.8 Å². The molecule has 1 aliphatic rings. The van der Waals surface area contributed by atoms with Crippen LogP contribution in [0, 0.1) is 0 Å². The predicted molar refractivity (Wildman–Crippen MR) is 103 cm³/mol. The Morgan fingerprint density at radius 1 is 1.28 bits per heavy atom. The van der Waals surface area contributed by atoms with Crippen molar-refractivity contribution in [1.29, 1.82) is 0 Å². The second-order valence-electron chi connectivity index (χ2n) is 6.42. The minimum Gasteiger partial charge on any atom is -0.337 e. The summed E-state index contributed by atoms with van der Waals surface area (Å²) >= 11 is 12.1. The number of halogens is 5. The molecule has 156 valence electrons. The van der Waals surface area contributed by atoms with Crippen molar-refractivity contribution in [2.24, 2.45) is 0 Å². The molecule has 1 atom stereocenters. The van der Waals surface area contributed by atoms with Crippen molar-refractivity contribution in [1.82, 2.24) is 14.9 Å². The quantitative estimate of drug-likeness (QED) is 0.602. The van der Waals surface area contributed by atoms with E-state index in [4.69, 9.17) is 23.2 Å². The SMILES string of the molecule is CC(NC(=O)Nc1c(Cl)c(C(=O)Nc2ccnc(Cl)c2)n2c1CCC2)C(F)(F)F. The maximum absolute atomic E-state index is 12.8. The van der Waals surface area contributed by atoms with Crippen LogP contribution in [0.25, 0.3) is 0 Å². The van der Waals surface area contributed by atoms with Gasteiger partial charge >= 0.3 is 12.2 Å². The van der Waals surface area contributed by atoms with Gasteiger partial charge in [0.2, 0.25) is 0 Å². The Bertz CT molecular complexity index is 961. The topological polar surface area (TPSA) is 88.1 Å². The highest BCUT2D eigenvalue weighted by atomic mass is 35.5. The Labute approximate surface area is 173 Å². The third-order valence-corrected chi connectivity index (χ3v) is 4.96. The molecule has 0 aliphatic carbocycles. The van der Waals surface area contributed by atoms with Crippen LogP contribution in [0.1, 0.15) is 29.5 Å². The molecule has 0 fully saturated rings. The Hall–Kier alpha value is -2.46. The van der Waals surface area contributed by atoms with E-state index in [1.54, 1.807) is 9.88 Å².